The normalized spacial score (nSPS) is 28.1. The molecule has 1 saturated carbocycles. The average molecular weight is 465 g/mol. The molecule has 5 heterocycles. The van der Waals surface area contributed by atoms with Crippen molar-refractivity contribution < 1.29 is 18.6 Å². The first kappa shape index (κ1) is 21.4. The average Bonchev–Trinajstić information content (AvgIpc) is 3.57. The van der Waals surface area contributed by atoms with E-state index in [2.05, 4.69) is 37.1 Å². The van der Waals surface area contributed by atoms with Crippen LogP contribution >= 0.6 is 0 Å². The molecule has 0 radical (unpaired) electrons. The quantitative estimate of drug-likeness (QED) is 0.466. The van der Waals surface area contributed by atoms with Crippen molar-refractivity contribution in [3.8, 4) is 11.8 Å². The summed E-state index contributed by atoms with van der Waals surface area (Å²) in [5.74, 6) is 5.29. The zero-order valence-electron chi connectivity index (χ0n) is 18.9. The van der Waals surface area contributed by atoms with E-state index >= 15 is 0 Å². The monoisotopic (exact) mass is 464 g/mol. The Morgan fingerprint density at radius 1 is 1.12 bits per heavy atom. The number of aromatic nitrogens is 5. The summed E-state index contributed by atoms with van der Waals surface area (Å²) in [4.78, 5) is 17.3. The summed E-state index contributed by atoms with van der Waals surface area (Å²) in [6, 6.07) is 4.90. The maximum Gasteiger partial charge on any atom is 0.214 e. The van der Waals surface area contributed by atoms with Gasteiger partial charge in [0.25, 0.3) is 0 Å². The standard InChI is InChI=1S/C24H25FN6O3/c1-24(2)33-19-16(11-10-15-8-5-9-17(25)29-15)32-23(20(19)34-24)31-13-28-18-21(26-12-27-22(18)31)30-14-6-3-4-7-14/h5,8-9,12-14,16,19-20,23H,3-4,6-7H2,1-2H3,(H,26,27,30)/t16-,19-,20+,23-/m1/s1. The first-order valence-electron chi connectivity index (χ1n) is 11.6. The number of hydrogen-bond acceptors (Lipinski definition) is 8. The van der Waals surface area contributed by atoms with Crippen LogP contribution < -0.4 is 5.32 Å². The fraction of sp³-hybridized carbons (Fsp3) is 0.500. The van der Waals surface area contributed by atoms with Crippen molar-refractivity contribution in [3.05, 3.63) is 42.5 Å². The number of fused-ring (bicyclic) bond motifs is 2. The lowest BCUT2D eigenvalue weighted by atomic mass is 10.1. The van der Waals surface area contributed by atoms with Gasteiger partial charge in [0.15, 0.2) is 29.0 Å². The fourth-order valence-corrected chi connectivity index (χ4v) is 4.95. The molecule has 0 amide bonds. The lowest BCUT2D eigenvalue weighted by Gasteiger charge is -2.23. The van der Waals surface area contributed by atoms with E-state index in [1.165, 1.54) is 25.2 Å². The number of ether oxygens (including phenoxy) is 3. The van der Waals surface area contributed by atoms with Crippen molar-refractivity contribution >= 4 is 17.0 Å². The van der Waals surface area contributed by atoms with E-state index in [1.54, 1.807) is 18.5 Å². The minimum absolute atomic E-state index is 0.324. The van der Waals surface area contributed by atoms with Crippen molar-refractivity contribution in [2.45, 2.75) is 75.9 Å². The Bertz CT molecular complexity index is 1280. The van der Waals surface area contributed by atoms with Gasteiger partial charge in [-0.05, 0) is 44.7 Å². The Kier molecular flexibility index (Phi) is 5.21. The number of halogens is 1. The molecule has 0 unspecified atom stereocenters. The van der Waals surface area contributed by atoms with Crippen LogP contribution in [-0.2, 0) is 14.2 Å². The highest BCUT2D eigenvalue weighted by molar-refractivity contribution is 5.82. The number of nitrogens with one attached hydrogen (secondary N) is 1. The summed E-state index contributed by atoms with van der Waals surface area (Å²) in [5.41, 5.74) is 1.66. The van der Waals surface area contributed by atoms with E-state index in [-0.39, 0.29) is 0 Å². The lowest BCUT2D eigenvalue weighted by molar-refractivity contribution is -0.190. The van der Waals surface area contributed by atoms with Gasteiger partial charge in [-0.25, -0.2) is 19.9 Å². The van der Waals surface area contributed by atoms with Crippen LogP contribution in [0.4, 0.5) is 10.2 Å². The molecule has 176 valence electrons. The van der Waals surface area contributed by atoms with Gasteiger partial charge >= 0.3 is 0 Å². The topological polar surface area (TPSA) is 96.2 Å². The highest BCUT2D eigenvalue weighted by atomic mass is 19.1. The highest BCUT2D eigenvalue weighted by Gasteiger charge is 2.56. The molecule has 10 heteroatoms. The van der Waals surface area contributed by atoms with Crippen LogP contribution in [0.1, 0.15) is 51.5 Å². The molecule has 3 aliphatic rings. The Morgan fingerprint density at radius 2 is 1.94 bits per heavy atom. The molecule has 0 bridgehead atoms. The van der Waals surface area contributed by atoms with Crippen molar-refractivity contribution in [1.29, 1.82) is 0 Å². The Hall–Kier alpha value is -3.13. The van der Waals surface area contributed by atoms with Gasteiger partial charge in [0, 0.05) is 6.04 Å². The maximum atomic E-state index is 13.5. The number of hydrogen-bond donors (Lipinski definition) is 1. The van der Waals surface area contributed by atoms with Gasteiger partial charge in [-0.3, -0.25) is 4.57 Å². The summed E-state index contributed by atoms with van der Waals surface area (Å²) in [5, 5.41) is 3.52. The minimum atomic E-state index is -0.797. The molecule has 6 rings (SSSR count). The van der Waals surface area contributed by atoms with Crippen molar-refractivity contribution in [3.63, 3.8) is 0 Å². The maximum absolute atomic E-state index is 13.5. The van der Waals surface area contributed by atoms with Gasteiger partial charge in [-0.15, -0.1) is 0 Å². The third kappa shape index (κ3) is 3.90. The molecule has 2 saturated heterocycles. The molecule has 0 spiro atoms. The summed E-state index contributed by atoms with van der Waals surface area (Å²) < 4.78 is 33.9. The fourth-order valence-electron chi connectivity index (χ4n) is 4.95. The van der Waals surface area contributed by atoms with Gasteiger partial charge in [0.05, 0.1) is 6.33 Å². The van der Waals surface area contributed by atoms with E-state index in [1.807, 2.05) is 18.4 Å². The first-order valence-corrected chi connectivity index (χ1v) is 11.6. The molecule has 2 aliphatic heterocycles. The van der Waals surface area contributed by atoms with Crippen LogP contribution in [0, 0.1) is 17.8 Å². The number of pyridine rings is 1. The minimum Gasteiger partial charge on any atom is -0.365 e. The van der Waals surface area contributed by atoms with Crippen molar-refractivity contribution in [2.24, 2.45) is 0 Å². The molecule has 34 heavy (non-hydrogen) atoms. The number of anilines is 1. The van der Waals surface area contributed by atoms with Gasteiger partial charge in [-0.1, -0.05) is 24.8 Å². The van der Waals surface area contributed by atoms with Gasteiger partial charge in [0.2, 0.25) is 5.95 Å². The van der Waals surface area contributed by atoms with Crippen LogP contribution in [0.5, 0.6) is 0 Å². The third-order valence-corrected chi connectivity index (χ3v) is 6.42. The molecule has 3 aromatic heterocycles. The summed E-state index contributed by atoms with van der Waals surface area (Å²) in [6.45, 7) is 3.72. The second-order valence-electron chi connectivity index (χ2n) is 9.30. The summed E-state index contributed by atoms with van der Waals surface area (Å²) in [6.07, 6.45) is 5.92. The molecule has 0 aromatic carbocycles. The predicted octanol–water partition coefficient (Wildman–Crippen LogP) is 3.18. The second kappa shape index (κ2) is 8.27. The molecule has 1 N–H and O–H groups in total. The Morgan fingerprint density at radius 3 is 2.76 bits per heavy atom. The van der Waals surface area contributed by atoms with Crippen LogP contribution in [0.3, 0.4) is 0 Å². The zero-order chi connectivity index (χ0) is 23.3. The van der Waals surface area contributed by atoms with E-state index in [0.29, 0.717) is 22.9 Å². The number of nitrogens with zero attached hydrogens (tertiary/aromatic N) is 5. The first-order chi connectivity index (χ1) is 16.5. The van der Waals surface area contributed by atoms with E-state index in [9.17, 15) is 4.39 Å². The summed E-state index contributed by atoms with van der Waals surface area (Å²) >= 11 is 0. The number of imidazole rings is 1. The van der Waals surface area contributed by atoms with Crippen LogP contribution in [0.15, 0.2) is 30.9 Å². The largest absolute Gasteiger partial charge is 0.365 e. The second-order valence-corrected chi connectivity index (χ2v) is 9.30. The molecule has 3 fully saturated rings. The Balaban J connectivity index is 1.32. The SMILES string of the molecule is CC1(C)O[C@H]2[C@H](O1)[C@@H](C#Cc1cccc(F)n1)O[C@H]2n1cnc2c(NC3CCCC3)ncnc21. The molecular formula is C24H25FN6O3. The number of rotatable bonds is 3. The van der Waals surface area contributed by atoms with Crippen LogP contribution in [-0.4, -0.2) is 54.6 Å². The molecular weight excluding hydrogens is 439 g/mol. The smallest absolute Gasteiger partial charge is 0.214 e. The zero-order valence-corrected chi connectivity index (χ0v) is 18.9. The molecule has 3 aromatic rings. The molecule has 1 aliphatic carbocycles. The van der Waals surface area contributed by atoms with Gasteiger partial charge in [-0.2, -0.15) is 4.39 Å². The third-order valence-electron chi connectivity index (χ3n) is 6.42. The molecule has 4 atom stereocenters. The highest BCUT2D eigenvalue weighted by Crippen LogP contribution is 2.43. The van der Waals surface area contributed by atoms with E-state index in [0.717, 1.165) is 18.7 Å². The summed E-state index contributed by atoms with van der Waals surface area (Å²) in [7, 11) is 0. The van der Waals surface area contributed by atoms with Crippen molar-refractivity contribution in [1.82, 2.24) is 24.5 Å². The van der Waals surface area contributed by atoms with Gasteiger partial charge in [0.1, 0.15) is 30.3 Å². The predicted molar refractivity (Wildman–Crippen MR) is 120 cm³/mol. The van der Waals surface area contributed by atoms with Crippen LogP contribution in [0.25, 0.3) is 11.2 Å². The van der Waals surface area contributed by atoms with E-state index in [4.69, 9.17) is 14.2 Å². The van der Waals surface area contributed by atoms with Crippen LogP contribution in [0.2, 0.25) is 0 Å². The Labute approximate surface area is 196 Å². The van der Waals surface area contributed by atoms with E-state index < -0.39 is 36.3 Å². The van der Waals surface area contributed by atoms with Gasteiger partial charge < -0.3 is 19.5 Å². The lowest BCUT2D eigenvalue weighted by Crippen LogP contribution is -2.28. The van der Waals surface area contributed by atoms with Crippen molar-refractivity contribution in [2.75, 3.05) is 5.32 Å². The molecule has 9 nitrogen and oxygen atoms in total.